The zero-order chi connectivity index (χ0) is 21.9. The molecule has 162 valence electrons. The first-order valence-electron chi connectivity index (χ1n) is 9.20. The standard InChI is InChI=1S/C20H21F3N2O4S/c1-29-17-8-4-2-6-15(17)14-19(26)24-10-12-25(13-11-24)30(27,28)18-9-5-3-7-16(18)20(21,22)23/h2-9H,10-14H2,1H3. The second-order valence-corrected chi connectivity index (χ2v) is 8.67. The fourth-order valence-corrected chi connectivity index (χ4v) is 5.00. The monoisotopic (exact) mass is 442 g/mol. The van der Waals surface area contributed by atoms with Gasteiger partial charge in [0.15, 0.2) is 0 Å². The number of halogens is 3. The summed E-state index contributed by atoms with van der Waals surface area (Å²) >= 11 is 0. The van der Waals surface area contributed by atoms with Crippen LogP contribution in [0.3, 0.4) is 0 Å². The Morgan fingerprint density at radius 1 is 1.00 bits per heavy atom. The highest BCUT2D eigenvalue weighted by atomic mass is 32.2. The van der Waals surface area contributed by atoms with Crippen LogP contribution in [0.5, 0.6) is 5.75 Å². The van der Waals surface area contributed by atoms with E-state index in [9.17, 15) is 26.4 Å². The second kappa shape index (κ2) is 8.65. The van der Waals surface area contributed by atoms with Gasteiger partial charge in [-0.05, 0) is 18.2 Å². The largest absolute Gasteiger partial charge is 0.496 e. The van der Waals surface area contributed by atoms with Crippen LogP contribution < -0.4 is 4.74 Å². The number of carbonyl (C=O) groups is 1. The van der Waals surface area contributed by atoms with Gasteiger partial charge in [-0.2, -0.15) is 17.5 Å². The Bertz CT molecular complexity index is 1020. The molecule has 2 aromatic rings. The van der Waals surface area contributed by atoms with Crippen LogP contribution in [0.25, 0.3) is 0 Å². The Kier molecular flexibility index (Phi) is 6.37. The van der Waals surface area contributed by atoms with Crippen molar-refractivity contribution < 1.29 is 31.1 Å². The number of amides is 1. The maximum atomic E-state index is 13.2. The van der Waals surface area contributed by atoms with Crippen molar-refractivity contribution in [2.75, 3.05) is 33.3 Å². The number of carbonyl (C=O) groups excluding carboxylic acids is 1. The van der Waals surface area contributed by atoms with E-state index in [1.807, 2.05) is 0 Å². The maximum Gasteiger partial charge on any atom is 0.417 e. The van der Waals surface area contributed by atoms with Crippen molar-refractivity contribution in [3.05, 3.63) is 59.7 Å². The predicted molar refractivity (Wildman–Crippen MR) is 103 cm³/mol. The second-order valence-electron chi connectivity index (χ2n) is 6.77. The Morgan fingerprint density at radius 3 is 2.23 bits per heavy atom. The summed E-state index contributed by atoms with van der Waals surface area (Å²) in [5, 5.41) is 0. The molecule has 1 amide bonds. The zero-order valence-corrected chi connectivity index (χ0v) is 17.0. The van der Waals surface area contributed by atoms with Crippen LogP contribution >= 0.6 is 0 Å². The molecule has 0 bridgehead atoms. The van der Waals surface area contributed by atoms with Crippen LogP contribution in [0.4, 0.5) is 13.2 Å². The lowest BCUT2D eigenvalue weighted by atomic mass is 10.1. The van der Waals surface area contributed by atoms with Crippen LogP contribution in [0.1, 0.15) is 11.1 Å². The molecule has 0 N–H and O–H groups in total. The van der Waals surface area contributed by atoms with E-state index in [1.165, 1.54) is 18.1 Å². The van der Waals surface area contributed by atoms with Crippen LogP contribution in [-0.4, -0.2) is 56.8 Å². The fourth-order valence-electron chi connectivity index (χ4n) is 3.37. The minimum absolute atomic E-state index is 0.0772. The van der Waals surface area contributed by atoms with Gasteiger partial charge in [0.1, 0.15) is 5.75 Å². The molecule has 30 heavy (non-hydrogen) atoms. The summed E-state index contributed by atoms with van der Waals surface area (Å²) in [6.07, 6.45) is -4.69. The molecule has 1 saturated heterocycles. The van der Waals surface area contributed by atoms with Crippen molar-refractivity contribution in [2.45, 2.75) is 17.5 Å². The molecule has 10 heteroatoms. The molecule has 3 rings (SSSR count). The molecule has 0 unspecified atom stereocenters. The summed E-state index contributed by atoms with van der Waals surface area (Å²) in [7, 11) is -2.83. The number of hydrogen-bond donors (Lipinski definition) is 0. The number of sulfonamides is 1. The van der Waals surface area contributed by atoms with Gasteiger partial charge in [-0.25, -0.2) is 8.42 Å². The van der Waals surface area contributed by atoms with E-state index >= 15 is 0 Å². The summed E-state index contributed by atoms with van der Waals surface area (Å²) in [5.74, 6) is 0.378. The molecule has 0 aromatic heterocycles. The number of para-hydroxylation sites is 1. The summed E-state index contributed by atoms with van der Waals surface area (Å²) in [5.41, 5.74) is -0.487. The lowest BCUT2D eigenvalue weighted by molar-refractivity contribution is -0.139. The number of ether oxygens (including phenoxy) is 1. The van der Waals surface area contributed by atoms with Crippen molar-refractivity contribution in [3.63, 3.8) is 0 Å². The average molecular weight is 442 g/mol. The van der Waals surface area contributed by atoms with E-state index in [-0.39, 0.29) is 38.5 Å². The van der Waals surface area contributed by atoms with Gasteiger partial charge < -0.3 is 9.64 Å². The smallest absolute Gasteiger partial charge is 0.417 e. The lowest BCUT2D eigenvalue weighted by Crippen LogP contribution is -2.51. The summed E-state index contributed by atoms with van der Waals surface area (Å²) in [4.78, 5) is 13.3. The highest BCUT2D eigenvalue weighted by molar-refractivity contribution is 7.89. The van der Waals surface area contributed by atoms with E-state index in [0.29, 0.717) is 11.3 Å². The van der Waals surface area contributed by atoms with Gasteiger partial charge in [0.05, 0.1) is 24.0 Å². The van der Waals surface area contributed by atoms with Crippen LogP contribution in [0.15, 0.2) is 53.4 Å². The van der Waals surface area contributed by atoms with Gasteiger partial charge in [-0.1, -0.05) is 30.3 Å². The number of nitrogens with zero attached hydrogens (tertiary/aromatic N) is 2. The van der Waals surface area contributed by atoms with Gasteiger partial charge in [0.2, 0.25) is 15.9 Å². The van der Waals surface area contributed by atoms with E-state index in [2.05, 4.69) is 0 Å². The molecule has 0 atom stereocenters. The minimum Gasteiger partial charge on any atom is -0.496 e. The van der Waals surface area contributed by atoms with E-state index in [4.69, 9.17) is 4.74 Å². The number of rotatable bonds is 5. The number of piperazine rings is 1. The number of benzene rings is 2. The normalized spacial score (nSPS) is 15.8. The SMILES string of the molecule is COc1ccccc1CC(=O)N1CCN(S(=O)(=O)c2ccccc2C(F)(F)F)CC1. The zero-order valence-electron chi connectivity index (χ0n) is 16.2. The van der Waals surface area contributed by atoms with Crippen molar-refractivity contribution >= 4 is 15.9 Å². The topological polar surface area (TPSA) is 66.9 Å². The fraction of sp³-hybridized carbons (Fsp3) is 0.350. The average Bonchev–Trinajstić information content (AvgIpc) is 2.73. The van der Waals surface area contributed by atoms with E-state index < -0.39 is 26.7 Å². The molecule has 0 spiro atoms. The van der Waals surface area contributed by atoms with Crippen LogP contribution in [-0.2, 0) is 27.4 Å². The van der Waals surface area contributed by atoms with Crippen molar-refractivity contribution in [1.29, 1.82) is 0 Å². The van der Waals surface area contributed by atoms with Gasteiger partial charge in [-0.3, -0.25) is 4.79 Å². The first kappa shape index (κ1) is 22.1. The number of alkyl halides is 3. The highest BCUT2D eigenvalue weighted by Crippen LogP contribution is 2.35. The molecule has 0 aliphatic carbocycles. The highest BCUT2D eigenvalue weighted by Gasteiger charge is 2.39. The summed E-state index contributed by atoms with van der Waals surface area (Å²) in [6.45, 7) is 0.0428. The first-order valence-corrected chi connectivity index (χ1v) is 10.6. The van der Waals surface area contributed by atoms with Crippen molar-refractivity contribution in [3.8, 4) is 5.75 Å². The predicted octanol–water partition coefficient (Wildman–Crippen LogP) is 2.79. The molecule has 1 heterocycles. The lowest BCUT2D eigenvalue weighted by Gasteiger charge is -2.34. The molecule has 0 radical (unpaired) electrons. The van der Waals surface area contributed by atoms with Crippen LogP contribution in [0, 0.1) is 0 Å². The maximum absolute atomic E-state index is 13.2. The molecule has 6 nitrogen and oxygen atoms in total. The molecule has 1 fully saturated rings. The molecule has 1 aliphatic rings. The molecule has 1 aliphatic heterocycles. The quantitative estimate of drug-likeness (QED) is 0.714. The summed E-state index contributed by atoms with van der Waals surface area (Å²) < 4.78 is 71.6. The Morgan fingerprint density at radius 2 is 1.60 bits per heavy atom. The van der Waals surface area contributed by atoms with Gasteiger partial charge in [-0.15, -0.1) is 0 Å². The van der Waals surface area contributed by atoms with Gasteiger partial charge >= 0.3 is 6.18 Å². The van der Waals surface area contributed by atoms with Crippen molar-refractivity contribution in [1.82, 2.24) is 9.21 Å². The van der Waals surface area contributed by atoms with Gasteiger partial charge in [0, 0.05) is 31.7 Å². The minimum atomic E-state index is -4.78. The third kappa shape index (κ3) is 4.59. The van der Waals surface area contributed by atoms with Crippen LogP contribution in [0.2, 0.25) is 0 Å². The molecular formula is C20H21F3N2O4S. The Balaban J connectivity index is 1.70. The Hall–Kier alpha value is -2.59. The number of hydrogen-bond acceptors (Lipinski definition) is 4. The first-order chi connectivity index (χ1) is 14.1. The molecular weight excluding hydrogens is 421 g/mol. The van der Waals surface area contributed by atoms with E-state index in [1.54, 1.807) is 24.3 Å². The Labute approximate surface area is 172 Å². The van der Waals surface area contributed by atoms with E-state index in [0.717, 1.165) is 22.5 Å². The third-order valence-electron chi connectivity index (χ3n) is 4.94. The number of methoxy groups -OCH3 is 1. The summed E-state index contributed by atoms with van der Waals surface area (Å²) in [6, 6.07) is 11.2. The third-order valence-corrected chi connectivity index (χ3v) is 6.89. The van der Waals surface area contributed by atoms with Crippen molar-refractivity contribution in [2.24, 2.45) is 0 Å². The van der Waals surface area contributed by atoms with Gasteiger partial charge in [0.25, 0.3) is 0 Å². The molecule has 0 saturated carbocycles. The molecule has 2 aromatic carbocycles.